The molecule has 0 atom stereocenters. The van der Waals surface area contributed by atoms with Gasteiger partial charge in [-0.3, -0.25) is 9.59 Å². The smallest absolute Gasteiger partial charge is 0.232 e. The van der Waals surface area contributed by atoms with Crippen LogP contribution in [0.3, 0.4) is 0 Å². The number of carbonyl (C=O) groups is 2. The average molecular weight is 273 g/mol. The summed E-state index contributed by atoms with van der Waals surface area (Å²) in [5.41, 5.74) is 0. The van der Waals surface area contributed by atoms with E-state index in [1.54, 1.807) is 4.90 Å². The zero-order valence-corrected chi connectivity index (χ0v) is 12.1. The van der Waals surface area contributed by atoms with E-state index in [0.717, 1.165) is 39.3 Å². The van der Waals surface area contributed by atoms with E-state index in [2.05, 4.69) is 5.32 Å². The first kappa shape index (κ1) is 15.3. The van der Waals surface area contributed by atoms with Crippen LogP contribution in [0.4, 0.5) is 0 Å². The van der Waals surface area contributed by atoms with Gasteiger partial charge >= 0.3 is 0 Å². The Bertz CT molecular complexity index is 276. The lowest BCUT2D eigenvalue weighted by molar-refractivity contribution is -0.128. The first-order chi connectivity index (χ1) is 8.69. The highest BCUT2D eigenvalue weighted by Gasteiger charge is 2.17. The maximum Gasteiger partial charge on any atom is 0.232 e. The lowest BCUT2D eigenvalue weighted by atomic mass is 10.3. The topological polar surface area (TPSA) is 52.7 Å². The Morgan fingerprint density at radius 1 is 1.17 bits per heavy atom. The van der Waals surface area contributed by atoms with E-state index in [4.69, 9.17) is 0 Å². The summed E-state index contributed by atoms with van der Waals surface area (Å²) in [5, 5.41) is 3.21. The highest BCUT2D eigenvalue weighted by atomic mass is 32.2. The summed E-state index contributed by atoms with van der Waals surface area (Å²) in [6, 6.07) is 0. The minimum atomic E-state index is 0.123. The van der Waals surface area contributed by atoms with E-state index in [1.807, 2.05) is 18.7 Å². The van der Waals surface area contributed by atoms with Crippen molar-refractivity contribution in [1.29, 1.82) is 0 Å². The Kier molecular flexibility index (Phi) is 7.12. The van der Waals surface area contributed by atoms with Gasteiger partial charge in [-0.05, 0) is 13.8 Å². The van der Waals surface area contributed by atoms with E-state index in [-0.39, 0.29) is 11.8 Å². The van der Waals surface area contributed by atoms with Gasteiger partial charge in [0.2, 0.25) is 11.8 Å². The van der Waals surface area contributed by atoms with Crippen molar-refractivity contribution >= 4 is 23.6 Å². The summed E-state index contributed by atoms with van der Waals surface area (Å²) in [7, 11) is 0. The number of thioether (sulfide) groups is 1. The number of piperazine rings is 1. The molecule has 0 unspecified atom stereocenters. The fraction of sp³-hybridized carbons (Fsp3) is 0.833. The van der Waals surface area contributed by atoms with Gasteiger partial charge in [-0.2, -0.15) is 0 Å². The highest BCUT2D eigenvalue weighted by Crippen LogP contribution is 2.05. The molecule has 0 radical (unpaired) electrons. The fourth-order valence-electron chi connectivity index (χ4n) is 1.90. The third kappa shape index (κ3) is 4.86. The lowest BCUT2D eigenvalue weighted by Gasteiger charge is -2.27. The fourth-order valence-corrected chi connectivity index (χ4v) is 2.72. The Hall–Kier alpha value is -0.750. The van der Waals surface area contributed by atoms with E-state index in [0.29, 0.717) is 11.5 Å². The van der Waals surface area contributed by atoms with E-state index < -0.39 is 0 Å². The maximum absolute atomic E-state index is 11.8. The SMILES string of the molecule is CCN(CC)C(=O)CSCC(=O)N1CCNCC1. The second kappa shape index (κ2) is 8.37. The molecule has 0 bridgehead atoms. The normalized spacial score (nSPS) is 15.6. The third-order valence-corrected chi connectivity index (χ3v) is 3.94. The average Bonchev–Trinajstić information content (AvgIpc) is 2.41. The molecular formula is C12H23N3O2S. The summed E-state index contributed by atoms with van der Waals surface area (Å²) in [5.74, 6) is 1.08. The molecule has 6 heteroatoms. The van der Waals surface area contributed by atoms with Crippen molar-refractivity contribution in [2.45, 2.75) is 13.8 Å². The summed E-state index contributed by atoms with van der Waals surface area (Å²) in [4.78, 5) is 27.2. The third-order valence-electron chi connectivity index (χ3n) is 3.04. The van der Waals surface area contributed by atoms with Gasteiger partial charge in [-0.15, -0.1) is 11.8 Å². The predicted molar refractivity (Wildman–Crippen MR) is 74.7 cm³/mol. The van der Waals surface area contributed by atoms with Gasteiger partial charge in [0.25, 0.3) is 0 Å². The first-order valence-electron chi connectivity index (χ1n) is 6.53. The van der Waals surface area contributed by atoms with Crippen LogP contribution in [0.15, 0.2) is 0 Å². The van der Waals surface area contributed by atoms with Crippen molar-refractivity contribution in [3.8, 4) is 0 Å². The van der Waals surface area contributed by atoms with Crippen molar-refractivity contribution < 1.29 is 9.59 Å². The molecule has 5 nitrogen and oxygen atoms in total. The Labute approximate surface area is 113 Å². The van der Waals surface area contributed by atoms with Gasteiger partial charge in [-0.1, -0.05) is 0 Å². The molecule has 104 valence electrons. The van der Waals surface area contributed by atoms with Crippen molar-refractivity contribution in [1.82, 2.24) is 15.1 Å². The molecule has 2 amide bonds. The molecule has 0 aromatic carbocycles. The molecule has 18 heavy (non-hydrogen) atoms. The minimum Gasteiger partial charge on any atom is -0.343 e. The Balaban J connectivity index is 2.20. The van der Waals surface area contributed by atoms with Gasteiger partial charge < -0.3 is 15.1 Å². The molecule has 1 saturated heterocycles. The molecule has 1 aliphatic rings. The molecule has 0 spiro atoms. The number of hydrogen-bond donors (Lipinski definition) is 1. The van der Waals surface area contributed by atoms with Crippen LogP contribution in [0, 0.1) is 0 Å². The maximum atomic E-state index is 11.8. The zero-order chi connectivity index (χ0) is 13.4. The molecule has 1 heterocycles. The number of rotatable bonds is 6. The van der Waals surface area contributed by atoms with Gasteiger partial charge in [0.05, 0.1) is 11.5 Å². The number of hydrogen-bond acceptors (Lipinski definition) is 4. The summed E-state index contributed by atoms with van der Waals surface area (Å²) < 4.78 is 0. The highest BCUT2D eigenvalue weighted by molar-refractivity contribution is 8.00. The first-order valence-corrected chi connectivity index (χ1v) is 7.68. The standard InChI is InChI=1S/C12H23N3O2S/c1-3-14(4-2)11(16)9-18-10-12(17)15-7-5-13-6-8-15/h13H,3-10H2,1-2H3. The van der Waals surface area contributed by atoms with Crippen molar-refractivity contribution in [3.05, 3.63) is 0 Å². The molecule has 1 fully saturated rings. The van der Waals surface area contributed by atoms with Gasteiger partial charge in [0.15, 0.2) is 0 Å². The Morgan fingerprint density at radius 3 is 2.33 bits per heavy atom. The van der Waals surface area contributed by atoms with Crippen molar-refractivity contribution in [3.63, 3.8) is 0 Å². The molecule has 0 aromatic rings. The quantitative estimate of drug-likeness (QED) is 0.741. The van der Waals surface area contributed by atoms with Crippen LogP contribution in [0.5, 0.6) is 0 Å². The van der Waals surface area contributed by atoms with Crippen LogP contribution in [0.2, 0.25) is 0 Å². The van der Waals surface area contributed by atoms with Crippen LogP contribution < -0.4 is 5.32 Å². The van der Waals surface area contributed by atoms with Crippen LogP contribution >= 0.6 is 11.8 Å². The molecular weight excluding hydrogens is 250 g/mol. The monoisotopic (exact) mass is 273 g/mol. The van der Waals surface area contributed by atoms with Crippen LogP contribution in [-0.4, -0.2) is 72.4 Å². The Morgan fingerprint density at radius 2 is 1.78 bits per heavy atom. The van der Waals surface area contributed by atoms with Gasteiger partial charge in [0, 0.05) is 39.3 Å². The lowest BCUT2D eigenvalue weighted by Crippen LogP contribution is -2.47. The van der Waals surface area contributed by atoms with Crippen LogP contribution in [0.1, 0.15) is 13.8 Å². The van der Waals surface area contributed by atoms with E-state index in [1.165, 1.54) is 11.8 Å². The number of nitrogens with one attached hydrogen (secondary N) is 1. The van der Waals surface area contributed by atoms with Crippen molar-refractivity contribution in [2.24, 2.45) is 0 Å². The predicted octanol–water partition coefficient (Wildman–Crippen LogP) is 0.0198. The van der Waals surface area contributed by atoms with Gasteiger partial charge in [0.1, 0.15) is 0 Å². The molecule has 0 saturated carbocycles. The van der Waals surface area contributed by atoms with Gasteiger partial charge in [-0.25, -0.2) is 0 Å². The van der Waals surface area contributed by atoms with Crippen molar-refractivity contribution in [2.75, 3.05) is 50.8 Å². The largest absolute Gasteiger partial charge is 0.343 e. The van der Waals surface area contributed by atoms with E-state index in [9.17, 15) is 9.59 Å². The molecule has 1 N–H and O–H groups in total. The molecule has 1 rings (SSSR count). The number of amides is 2. The minimum absolute atomic E-state index is 0.123. The summed E-state index contributed by atoms with van der Waals surface area (Å²) >= 11 is 1.42. The molecule has 1 aliphatic heterocycles. The van der Waals surface area contributed by atoms with Crippen LogP contribution in [0.25, 0.3) is 0 Å². The number of carbonyl (C=O) groups excluding carboxylic acids is 2. The van der Waals surface area contributed by atoms with Crippen LogP contribution in [-0.2, 0) is 9.59 Å². The molecule has 0 aromatic heterocycles. The molecule has 0 aliphatic carbocycles. The van der Waals surface area contributed by atoms with E-state index >= 15 is 0 Å². The number of nitrogens with zero attached hydrogens (tertiary/aromatic N) is 2. The second-order valence-electron chi connectivity index (χ2n) is 4.19. The zero-order valence-electron chi connectivity index (χ0n) is 11.3. The summed E-state index contributed by atoms with van der Waals surface area (Å²) in [6.45, 7) is 8.72. The second-order valence-corrected chi connectivity index (χ2v) is 5.18. The summed E-state index contributed by atoms with van der Waals surface area (Å²) in [6.07, 6.45) is 0.